The fourth-order valence-corrected chi connectivity index (χ4v) is 2.11. The smallest absolute Gasteiger partial charge is 0.120 e. The average Bonchev–Trinajstić information content (AvgIpc) is 2.39. The number of aromatic hydroxyl groups is 1. The van der Waals surface area contributed by atoms with Gasteiger partial charge in [0.1, 0.15) is 5.75 Å². The van der Waals surface area contributed by atoms with Gasteiger partial charge >= 0.3 is 0 Å². The van der Waals surface area contributed by atoms with Gasteiger partial charge < -0.3 is 10.4 Å². The van der Waals surface area contributed by atoms with Crippen molar-refractivity contribution in [2.45, 2.75) is 26.3 Å². The summed E-state index contributed by atoms with van der Waals surface area (Å²) in [7, 11) is 0. The second kappa shape index (κ2) is 6.34. The van der Waals surface area contributed by atoms with Gasteiger partial charge in [-0.05, 0) is 56.1 Å². The molecule has 2 aromatic rings. The predicted molar refractivity (Wildman–Crippen MR) is 77.2 cm³/mol. The fraction of sp³-hybridized carbons (Fsp3) is 0.312. The summed E-state index contributed by atoms with van der Waals surface area (Å²) in [5, 5.41) is 13.4. The van der Waals surface area contributed by atoms with Gasteiger partial charge in [0.05, 0.1) is 0 Å². The van der Waals surface area contributed by atoms with Crippen LogP contribution >= 0.6 is 0 Å². The molecule has 1 unspecified atom stereocenters. The second-order valence-corrected chi connectivity index (χ2v) is 4.84. The Morgan fingerprint density at radius 3 is 2.63 bits per heavy atom. The summed E-state index contributed by atoms with van der Waals surface area (Å²) < 4.78 is 0. The largest absolute Gasteiger partial charge is 0.508 e. The van der Waals surface area contributed by atoms with E-state index in [0.29, 0.717) is 5.75 Å². The minimum atomic E-state index is 0.141. The quantitative estimate of drug-likeness (QED) is 0.864. The van der Waals surface area contributed by atoms with Crippen LogP contribution in [0.25, 0.3) is 0 Å². The highest BCUT2D eigenvalue weighted by Crippen LogP contribution is 2.24. The average molecular weight is 256 g/mol. The number of rotatable bonds is 5. The molecule has 100 valence electrons. The summed E-state index contributed by atoms with van der Waals surface area (Å²) >= 11 is 0. The highest BCUT2D eigenvalue weighted by Gasteiger charge is 2.09. The van der Waals surface area contributed by atoms with Crippen LogP contribution in [0, 0.1) is 6.92 Å². The molecule has 0 saturated carbocycles. The Morgan fingerprint density at radius 1 is 1.21 bits per heavy atom. The minimum Gasteiger partial charge on any atom is -0.508 e. The number of nitrogens with one attached hydrogen (secondary N) is 1. The Bertz CT molecular complexity index is 526. The molecule has 19 heavy (non-hydrogen) atoms. The summed E-state index contributed by atoms with van der Waals surface area (Å²) in [5.41, 5.74) is 3.29. The van der Waals surface area contributed by atoms with Gasteiger partial charge in [0.2, 0.25) is 0 Å². The zero-order chi connectivity index (χ0) is 13.7. The molecule has 1 heterocycles. The number of aromatic nitrogens is 1. The predicted octanol–water partition coefficient (Wildman–Crippen LogP) is 2.99. The first-order valence-corrected chi connectivity index (χ1v) is 6.58. The first-order chi connectivity index (χ1) is 9.16. The normalized spacial score (nSPS) is 12.3. The number of hydrogen-bond acceptors (Lipinski definition) is 3. The molecule has 1 atom stereocenters. The zero-order valence-electron chi connectivity index (χ0n) is 11.4. The maximum Gasteiger partial charge on any atom is 0.120 e. The van der Waals surface area contributed by atoms with Crippen LogP contribution in [-0.2, 0) is 6.42 Å². The molecular weight excluding hydrogens is 236 g/mol. The molecule has 2 N–H and O–H groups in total. The van der Waals surface area contributed by atoms with Crippen LogP contribution in [0.5, 0.6) is 5.75 Å². The maximum absolute atomic E-state index is 9.93. The number of aryl methyl sites for hydroxylation is 1. The Kier molecular flexibility index (Phi) is 4.53. The molecule has 2 rings (SSSR count). The molecule has 0 spiro atoms. The Hall–Kier alpha value is -1.87. The van der Waals surface area contributed by atoms with Gasteiger partial charge in [-0.15, -0.1) is 0 Å². The molecule has 3 heteroatoms. The molecule has 0 aliphatic carbocycles. The minimum absolute atomic E-state index is 0.141. The van der Waals surface area contributed by atoms with E-state index < -0.39 is 0 Å². The first-order valence-electron chi connectivity index (χ1n) is 6.58. The Morgan fingerprint density at radius 2 is 1.95 bits per heavy atom. The number of phenolic OH excluding ortho intramolecular Hbond substituents is 1. The van der Waals surface area contributed by atoms with Gasteiger partial charge in [-0.3, -0.25) is 4.98 Å². The van der Waals surface area contributed by atoms with Crippen molar-refractivity contribution in [3.8, 4) is 5.75 Å². The molecule has 0 saturated heterocycles. The van der Waals surface area contributed by atoms with Gasteiger partial charge in [0.25, 0.3) is 0 Å². The number of nitrogens with zero attached hydrogens (tertiary/aromatic N) is 1. The second-order valence-electron chi connectivity index (χ2n) is 4.84. The molecule has 1 aromatic carbocycles. The Labute approximate surface area is 114 Å². The monoisotopic (exact) mass is 256 g/mol. The van der Waals surface area contributed by atoms with E-state index in [1.807, 2.05) is 43.6 Å². The molecule has 1 aromatic heterocycles. The number of benzene rings is 1. The third-order valence-electron chi connectivity index (χ3n) is 3.27. The molecular formula is C16H20N2O. The Balaban J connectivity index is 1.89. The van der Waals surface area contributed by atoms with Gasteiger partial charge in [0, 0.05) is 24.0 Å². The molecule has 3 nitrogen and oxygen atoms in total. The molecule has 0 aliphatic rings. The van der Waals surface area contributed by atoms with E-state index in [1.54, 1.807) is 6.07 Å². The molecule has 0 fully saturated rings. The lowest BCUT2D eigenvalue weighted by Crippen LogP contribution is -2.21. The van der Waals surface area contributed by atoms with Crippen LogP contribution in [0.3, 0.4) is 0 Å². The number of hydrogen-bond donors (Lipinski definition) is 2. The van der Waals surface area contributed by atoms with Crippen molar-refractivity contribution in [3.05, 3.63) is 59.4 Å². The lowest BCUT2D eigenvalue weighted by atomic mass is 10.0. The summed E-state index contributed by atoms with van der Waals surface area (Å²) in [5.74, 6) is 0.365. The van der Waals surface area contributed by atoms with Gasteiger partial charge in [-0.1, -0.05) is 12.1 Å². The zero-order valence-corrected chi connectivity index (χ0v) is 11.4. The summed E-state index contributed by atoms with van der Waals surface area (Å²) in [6.07, 6.45) is 4.58. The van der Waals surface area contributed by atoms with E-state index >= 15 is 0 Å². The van der Waals surface area contributed by atoms with E-state index in [4.69, 9.17) is 0 Å². The highest BCUT2D eigenvalue weighted by atomic mass is 16.3. The van der Waals surface area contributed by atoms with Crippen molar-refractivity contribution in [1.29, 1.82) is 0 Å². The molecule has 0 radical (unpaired) electrons. The van der Waals surface area contributed by atoms with Crippen LogP contribution in [0.1, 0.15) is 29.7 Å². The van der Waals surface area contributed by atoms with Gasteiger partial charge in [-0.25, -0.2) is 0 Å². The topological polar surface area (TPSA) is 45.2 Å². The fourth-order valence-electron chi connectivity index (χ4n) is 2.11. The van der Waals surface area contributed by atoms with Gasteiger partial charge in [0.15, 0.2) is 0 Å². The van der Waals surface area contributed by atoms with Crippen LogP contribution in [0.15, 0.2) is 42.7 Å². The van der Waals surface area contributed by atoms with Crippen LogP contribution < -0.4 is 5.32 Å². The van der Waals surface area contributed by atoms with Crippen molar-refractivity contribution in [2.75, 3.05) is 6.54 Å². The van der Waals surface area contributed by atoms with Crippen LogP contribution in [0.4, 0.5) is 0 Å². The lowest BCUT2D eigenvalue weighted by molar-refractivity contribution is 0.452. The highest BCUT2D eigenvalue weighted by molar-refractivity contribution is 5.37. The summed E-state index contributed by atoms with van der Waals surface area (Å²) in [6, 6.07) is 9.99. The van der Waals surface area contributed by atoms with Crippen LogP contribution in [-0.4, -0.2) is 16.6 Å². The van der Waals surface area contributed by atoms with Crippen molar-refractivity contribution in [3.63, 3.8) is 0 Å². The third-order valence-corrected chi connectivity index (χ3v) is 3.27. The van der Waals surface area contributed by atoms with Crippen LogP contribution in [0.2, 0.25) is 0 Å². The first kappa shape index (κ1) is 13.6. The maximum atomic E-state index is 9.93. The van der Waals surface area contributed by atoms with E-state index in [9.17, 15) is 5.11 Å². The molecule has 0 bridgehead atoms. The van der Waals surface area contributed by atoms with E-state index in [0.717, 1.165) is 24.1 Å². The summed E-state index contributed by atoms with van der Waals surface area (Å²) in [6.45, 7) is 4.92. The van der Waals surface area contributed by atoms with Gasteiger partial charge in [-0.2, -0.15) is 0 Å². The SMILES string of the molecule is Cc1ccc(C(C)NCCc2ccncc2)c(O)c1. The number of pyridine rings is 1. The molecule has 0 aliphatic heterocycles. The summed E-state index contributed by atoms with van der Waals surface area (Å²) in [4.78, 5) is 4.00. The van der Waals surface area contributed by atoms with E-state index in [-0.39, 0.29) is 6.04 Å². The van der Waals surface area contributed by atoms with Crippen molar-refractivity contribution >= 4 is 0 Å². The molecule has 0 amide bonds. The van der Waals surface area contributed by atoms with E-state index in [2.05, 4.69) is 17.2 Å². The standard InChI is InChI=1S/C16H20N2O/c1-12-3-4-15(16(19)11-12)13(2)18-10-7-14-5-8-17-9-6-14/h3-6,8-9,11,13,18-19H,7,10H2,1-2H3. The number of phenols is 1. The van der Waals surface area contributed by atoms with Crippen molar-refractivity contribution in [2.24, 2.45) is 0 Å². The third kappa shape index (κ3) is 3.80. The van der Waals surface area contributed by atoms with Crippen molar-refractivity contribution in [1.82, 2.24) is 10.3 Å². The van der Waals surface area contributed by atoms with Crippen molar-refractivity contribution < 1.29 is 5.11 Å². The lowest BCUT2D eigenvalue weighted by Gasteiger charge is -2.16. The van der Waals surface area contributed by atoms with E-state index in [1.165, 1.54) is 5.56 Å².